The van der Waals surface area contributed by atoms with Crippen molar-refractivity contribution < 1.29 is 0 Å². The SMILES string of the molecule is Cc1ccccc1[C@](C)(N)CN. The van der Waals surface area contributed by atoms with Crippen molar-refractivity contribution >= 4 is 0 Å². The van der Waals surface area contributed by atoms with Gasteiger partial charge in [0, 0.05) is 6.54 Å². The van der Waals surface area contributed by atoms with Crippen LogP contribution in [0.4, 0.5) is 0 Å². The Hall–Kier alpha value is -0.860. The third-order valence-electron chi connectivity index (χ3n) is 2.18. The van der Waals surface area contributed by atoms with Gasteiger partial charge in [0.05, 0.1) is 5.54 Å². The zero-order chi connectivity index (χ0) is 9.19. The lowest BCUT2D eigenvalue weighted by atomic mass is 9.90. The topological polar surface area (TPSA) is 52.0 Å². The van der Waals surface area contributed by atoms with E-state index in [0.29, 0.717) is 6.54 Å². The molecule has 0 unspecified atom stereocenters. The first-order chi connectivity index (χ1) is 5.58. The van der Waals surface area contributed by atoms with Gasteiger partial charge < -0.3 is 11.5 Å². The van der Waals surface area contributed by atoms with Crippen molar-refractivity contribution in [1.82, 2.24) is 0 Å². The van der Waals surface area contributed by atoms with Gasteiger partial charge in [-0.2, -0.15) is 0 Å². The van der Waals surface area contributed by atoms with Gasteiger partial charge in [0.1, 0.15) is 0 Å². The van der Waals surface area contributed by atoms with Crippen LogP contribution in [-0.2, 0) is 5.54 Å². The highest BCUT2D eigenvalue weighted by atomic mass is 14.8. The molecule has 1 aromatic carbocycles. The number of nitrogens with two attached hydrogens (primary N) is 2. The van der Waals surface area contributed by atoms with Crippen LogP contribution < -0.4 is 11.5 Å². The summed E-state index contributed by atoms with van der Waals surface area (Å²) in [5.74, 6) is 0. The Morgan fingerprint density at radius 2 is 1.92 bits per heavy atom. The molecule has 1 rings (SSSR count). The first-order valence-electron chi connectivity index (χ1n) is 4.13. The molecule has 0 saturated carbocycles. The first kappa shape index (κ1) is 9.23. The minimum absolute atomic E-state index is 0.397. The summed E-state index contributed by atoms with van der Waals surface area (Å²) in [5.41, 5.74) is 13.5. The Morgan fingerprint density at radius 3 is 2.42 bits per heavy atom. The molecule has 0 heterocycles. The van der Waals surface area contributed by atoms with Crippen molar-refractivity contribution in [3.05, 3.63) is 35.4 Å². The molecule has 1 atom stereocenters. The average molecular weight is 164 g/mol. The Morgan fingerprint density at radius 1 is 1.33 bits per heavy atom. The lowest BCUT2D eigenvalue weighted by Crippen LogP contribution is -2.41. The Labute approximate surface area is 73.6 Å². The van der Waals surface area contributed by atoms with E-state index in [1.807, 2.05) is 25.1 Å². The quantitative estimate of drug-likeness (QED) is 0.688. The maximum atomic E-state index is 6.01. The second-order valence-corrected chi connectivity index (χ2v) is 3.44. The molecule has 0 radical (unpaired) electrons. The van der Waals surface area contributed by atoms with Crippen LogP contribution in [0.2, 0.25) is 0 Å². The molecule has 0 aliphatic carbocycles. The van der Waals surface area contributed by atoms with Crippen LogP contribution in [0.15, 0.2) is 24.3 Å². The van der Waals surface area contributed by atoms with Gasteiger partial charge in [0.2, 0.25) is 0 Å². The second-order valence-electron chi connectivity index (χ2n) is 3.44. The minimum atomic E-state index is -0.397. The molecular weight excluding hydrogens is 148 g/mol. The van der Waals surface area contributed by atoms with Crippen molar-refractivity contribution in [2.75, 3.05) is 6.54 Å². The van der Waals surface area contributed by atoms with Crippen molar-refractivity contribution in [2.24, 2.45) is 11.5 Å². The van der Waals surface area contributed by atoms with E-state index in [-0.39, 0.29) is 0 Å². The van der Waals surface area contributed by atoms with Gasteiger partial charge in [0.25, 0.3) is 0 Å². The highest BCUT2D eigenvalue weighted by Gasteiger charge is 2.19. The van der Waals surface area contributed by atoms with Crippen LogP contribution in [0.3, 0.4) is 0 Å². The van der Waals surface area contributed by atoms with E-state index >= 15 is 0 Å². The molecule has 0 aliphatic heterocycles. The van der Waals surface area contributed by atoms with Crippen LogP contribution in [-0.4, -0.2) is 6.54 Å². The van der Waals surface area contributed by atoms with Crippen molar-refractivity contribution in [1.29, 1.82) is 0 Å². The van der Waals surface area contributed by atoms with Crippen LogP contribution in [0.25, 0.3) is 0 Å². The summed E-state index contributed by atoms with van der Waals surface area (Å²) in [6.45, 7) is 4.48. The van der Waals surface area contributed by atoms with Crippen LogP contribution in [0.5, 0.6) is 0 Å². The number of benzene rings is 1. The Balaban J connectivity index is 3.10. The molecule has 0 spiro atoms. The summed E-state index contributed by atoms with van der Waals surface area (Å²) < 4.78 is 0. The van der Waals surface area contributed by atoms with E-state index in [4.69, 9.17) is 11.5 Å². The van der Waals surface area contributed by atoms with Gasteiger partial charge in [0.15, 0.2) is 0 Å². The molecule has 1 aromatic rings. The summed E-state index contributed by atoms with van der Waals surface area (Å²) in [5, 5.41) is 0. The van der Waals surface area contributed by atoms with Crippen LogP contribution in [0, 0.1) is 6.92 Å². The van der Waals surface area contributed by atoms with Crippen LogP contribution in [0.1, 0.15) is 18.1 Å². The van der Waals surface area contributed by atoms with E-state index in [2.05, 4.69) is 13.0 Å². The van der Waals surface area contributed by atoms with E-state index in [1.54, 1.807) is 0 Å². The molecule has 0 aliphatic rings. The second kappa shape index (κ2) is 3.25. The number of rotatable bonds is 2. The predicted octanol–water partition coefficient (Wildman–Crippen LogP) is 1.13. The Kier molecular flexibility index (Phi) is 2.50. The summed E-state index contributed by atoms with van der Waals surface area (Å²) >= 11 is 0. The fourth-order valence-electron chi connectivity index (χ4n) is 1.32. The monoisotopic (exact) mass is 164 g/mol. The van der Waals surface area contributed by atoms with E-state index < -0.39 is 5.54 Å². The zero-order valence-corrected chi connectivity index (χ0v) is 7.67. The summed E-state index contributed by atoms with van der Waals surface area (Å²) in [4.78, 5) is 0. The summed E-state index contributed by atoms with van der Waals surface area (Å²) in [6, 6.07) is 8.08. The smallest absolute Gasteiger partial charge is 0.0507 e. The van der Waals surface area contributed by atoms with Gasteiger partial charge in [-0.25, -0.2) is 0 Å². The lowest BCUT2D eigenvalue weighted by Gasteiger charge is -2.24. The molecule has 4 N–H and O–H groups in total. The van der Waals surface area contributed by atoms with Gasteiger partial charge in [-0.05, 0) is 25.0 Å². The highest BCUT2D eigenvalue weighted by molar-refractivity contribution is 5.31. The average Bonchev–Trinajstić information content (AvgIpc) is 2.05. The molecule has 0 amide bonds. The van der Waals surface area contributed by atoms with E-state index in [0.717, 1.165) is 5.56 Å². The highest BCUT2D eigenvalue weighted by Crippen LogP contribution is 2.19. The molecule has 12 heavy (non-hydrogen) atoms. The molecule has 2 heteroatoms. The van der Waals surface area contributed by atoms with Gasteiger partial charge in [-0.15, -0.1) is 0 Å². The molecule has 0 bridgehead atoms. The third kappa shape index (κ3) is 1.65. The van der Waals surface area contributed by atoms with Crippen molar-refractivity contribution in [3.8, 4) is 0 Å². The minimum Gasteiger partial charge on any atom is -0.328 e. The van der Waals surface area contributed by atoms with Crippen molar-refractivity contribution in [2.45, 2.75) is 19.4 Å². The van der Waals surface area contributed by atoms with Gasteiger partial charge in [-0.1, -0.05) is 24.3 Å². The maximum Gasteiger partial charge on any atom is 0.0507 e. The molecular formula is C10H16N2. The number of hydrogen-bond donors (Lipinski definition) is 2. The van der Waals surface area contributed by atoms with Crippen molar-refractivity contribution in [3.63, 3.8) is 0 Å². The molecule has 0 fully saturated rings. The molecule has 0 aromatic heterocycles. The summed E-state index contributed by atoms with van der Waals surface area (Å²) in [6.07, 6.45) is 0. The third-order valence-corrected chi connectivity index (χ3v) is 2.18. The fourth-order valence-corrected chi connectivity index (χ4v) is 1.32. The first-order valence-corrected chi connectivity index (χ1v) is 4.13. The molecule has 66 valence electrons. The maximum absolute atomic E-state index is 6.01. The predicted molar refractivity (Wildman–Crippen MR) is 51.8 cm³/mol. The number of hydrogen-bond acceptors (Lipinski definition) is 2. The van der Waals surface area contributed by atoms with Crippen LogP contribution >= 0.6 is 0 Å². The molecule has 2 nitrogen and oxygen atoms in total. The van der Waals surface area contributed by atoms with Gasteiger partial charge >= 0.3 is 0 Å². The Bertz CT molecular complexity index is 266. The number of aryl methyl sites for hydroxylation is 1. The van der Waals surface area contributed by atoms with E-state index in [1.165, 1.54) is 5.56 Å². The molecule has 0 saturated heterocycles. The largest absolute Gasteiger partial charge is 0.328 e. The summed E-state index contributed by atoms with van der Waals surface area (Å²) in [7, 11) is 0. The normalized spacial score (nSPS) is 15.7. The van der Waals surface area contributed by atoms with Gasteiger partial charge in [-0.3, -0.25) is 0 Å². The standard InChI is InChI=1S/C10H16N2/c1-8-5-3-4-6-9(8)10(2,12)7-11/h3-6H,7,11-12H2,1-2H3/t10-/m1/s1. The van der Waals surface area contributed by atoms with E-state index in [9.17, 15) is 0 Å². The fraction of sp³-hybridized carbons (Fsp3) is 0.400. The lowest BCUT2D eigenvalue weighted by molar-refractivity contribution is 0.505. The zero-order valence-electron chi connectivity index (χ0n) is 7.67.